The Morgan fingerprint density at radius 2 is 0.857 bits per heavy atom. The standard InChI is InChI=1S/C45H28N4/c1-2-12-31(13-3-1)47-40-16-8-6-14-34(40)37-26-38-35-15-7-9-17-41(35)49(45(38)27-44(37)47)33-20-21-42-36(25-33)39-28-46-23-22-43(39)48(42)32-19-18-29-10-4-5-11-30(29)24-32/h1-28H. The van der Waals surface area contributed by atoms with Crippen molar-refractivity contribution in [2.24, 2.45) is 0 Å². The summed E-state index contributed by atoms with van der Waals surface area (Å²) < 4.78 is 7.21. The first-order valence-electron chi connectivity index (χ1n) is 16.7. The van der Waals surface area contributed by atoms with E-state index in [1.54, 1.807) is 0 Å². The third-order valence-corrected chi connectivity index (χ3v) is 10.3. The van der Waals surface area contributed by atoms with Crippen molar-refractivity contribution in [3.8, 4) is 17.1 Å². The van der Waals surface area contributed by atoms with Crippen LogP contribution in [0.15, 0.2) is 170 Å². The summed E-state index contributed by atoms with van der Waals surface area (Å²) >= 11 is 0. The summed E-state index contributed by atoms with van der Waals surface area (Å²) in [6, 6.07) is 57.3. The molecule has 0 aliphatic rings. The zero-order chi connectivity index (χ0) is 32.1. The molecular weight excluding hydrogens is 597 g/mol. The fraction of sp³-hybridized carbons (Fsp3) is 0. The summed E-state index contributed by atoms with van der Waals surface area (Å²) in [5.74, 6) is 0. The zero-order valence-corrected chi connectivity index (χ0v) is 26.5. The Hall–Kier alpha value is -6.65. The van der Waals surface area contributed by atoms with E-state index in [0.29, 0.717) is 0 Å². The molecule has 11 aromatic rings. The molecule has 0 aliphatic carbocycles. The van der Waals surface area contributed by atoms with Gasteiger partial charge in [0.25, 0.3) is 0 Å². The van der Waals surface area contributed by atoms with E-state index in [4.69, 9.17) is 0 Å². The van der Waals surface area contributed by atoms with Crippen LogP contribution in [0, 0.1) is 0 Å². The molecular formula is C45H28N4. The quantitative estimate of drug-likeness (QED) is 0.192. The van der Waals surface area contributed by atoms with Gasteiger partial charge in [-0.05, 0) is 83.6 Å². The van der Waals surface area contributed by atoms with Crippen molar-refractivity contribution in [3.05, 3.63) is 170 Å². The predicted octanol–water partition coefficient (Wildman–Crippen LogP) is 11.5. The lowest BCUT2D eigenvalue weighted by Crippen LogP contribution is -1.96. The van der Waals surface area contributed by atoms with E-state index in [1.165, 1.54) is 59.8 Å². The molecule has 0 aliphatic heterocycles. The second kappa shape index (κ2) is 9.93. The maximum absolute atomic E-state index is 4.58. The fourth-order valence-electron chi connectivity index (χ4n) is 8.15. The van der Waals surface area contributed by atoms with E-state index in [1.807, 2.05) is 12.4 Å². The molecule has 0 spiro atoms. The fourth-order valence-corrected chi connectivity index (χ4v) is 8.15. The summed E-state index contributed by atoms with van der Waals surface area (Å²) in [5, 5.41) is 9.80. The molecule has 0 N–H and O–H groups in total. The van der Waals surface area contributed by atoms with Gasteiger partial charge < -0.3 is 13.7 Å². The van der Waals surface area contributed by atoms with Crippen molar-refractivity contribution in [1.29, 1.82) is 0 Å². The van der Waals surface area contributed by atoms with E-state index >= 15 is 0 Å². The Bertz CT molecular complexity index is 3100. The van der Waals surface area contributed by atoms with Gasteiger partial charge in [0.05, 0.1) is 33.1 Å². The second-order valence-electron chi connectivity index (χ2n) is 12.9. The highest BCUT2D eigenvalue weighted by molar-refractivity contribution is 6.19. The van der Waals surface area contributed by atoms with Crippen LogP contribution in [0.1, 0.15) is 0 Å². The minimum atomic E-state index is 1.13. The normalized spacial score (nSPS) is 12.1. The first-order valence-corrected chi connectivity index (χ1v) is 16.7. The number of hydrogen-bond acceptors (Lipinski definition) is 1. The number of fused-ring (bicyclic) bond motifs is 10. The minimum absolute atomic E-state index is 1.13. The molecule has 0 unspecified atom stereocenters. The van der Waals surface area contributed by atoms with Gasteiger partial charge in [-0.15, -0.1) is 0 Å². The molecule has 4 heteroatoms. The second-order valence-corrected chi connectivity index (χ2v) is 12.9. The lowest BCUT2D eigenvalue weighted by atomic mass is 10.1. The molecule has 49 heavy (non-hydrogen) atoms. The Balaban J connectivity index is 1.22. The Labute approximate surface area is 281 Å². The predicted molar refractivity (Wildman–Crippen MR) is 205 cm³/mol. The Kier molecular flexibility index (Phi) is 5.35. The number of para-hydroxylation sites is 3. The largest absolute Gasteiger partial charge is 0.309 e. The van der Waals surface area contributed by atoms with Crippen LogP contribution in [-0.2, 0) is 0 Å². The first-order chi connectivity index (χ1) is 24.3. The summed E-state index contributed by atoms with van der Waals surface area (Å²) in [6.45, 7) is 0. The van der Waals surface area contributed by atoms with Crippen LogP contribution in [0.2, 0.25) is 0 Å². The number of hydrogen-bond donors (Lipinski definition) is 0. The average molecular weight is 625 g/mol. The molecule has 0 saturated heterocycles. The van der Waals surface area contributed by atoms with Gasteiger partial charge >= 0.3 is 0 Å². The molecule has 0 radical (unpaired) electrons. The molecule has 0 saturated carbocycles. The van der Waals surface area contributed by atoms with Gasteiger partial charge in [0.2, 0.25) is 0 Å². The highest BCUT2D eigenvalue weighted by atomic mass is 15.0. The van der Waals surface area contributed by atoms with Gasteiger partial charge in [0.15, 0.2) is 0 Å². The third kappa shape index (κ3) is 3.71. The summed E-state index contributed by atoms with van der Waals surface area (Å²) in [6.07, 6.45) is 3.90. The van der Waals surface area contributed by atoms with E-state index in [2.05, 4.69) is 176 Å². The van der Waals surface area contributed by atoms with Gasteiger partial charge in [-0.3, -0.25) is 4.98 Å². The molecule has 0 fully saturated rings. The van der Waals surface area contributed by atoms with Crippen molar-refractivity contribution >= 4 is 76.2 Å². The van der Waals surface area contributed by atoms with Crippen LogP contribution in [0.5, 0.6) is 0 Å². The average Bonchev–Trinajstić information content (AvgIpc) is 3.79. The van der Waals surface area contributed by atoms with Crippen molar-refractivity contribution in [2.45, 2.75) is 0 Å². The molecule has 0 atom stereocenters. The van der Waals surface area contributed by atoms with Gasteiger partial charge in [-0.2, -0.15) is 0 Å². The van der Waals surface area contributed by atoms with Crippen LogP contribution < -0.4 is 0 Å². The SMILES string of the molecule is c1ccc(-n2c3ccccc3c3cc4c5ccccc5n(-c5ccc6c(c5)c5cnccc5n6-c5ccc6ccccc6c5)c4cc32)cc1. The van der Waals surface area contributed by atoms with Gasteiger partial charge in [0, 0.05) is 61.8 Å². The lowest BCUT2D eigenvalue weighted by molar-refractivity contribution is 1.16. The first kappa shape index (κ1) is 26.4. The Morgan fingerprint density at radius 3 is 1.63 bits per heavy atom. The number of benzene rings is 7. The molecule has 4 heterocycles. The number of aromatic nitrogens is 4. The maximum atomic E-state index is 4.58. The zero-order valence-electron chi connectivity index (χ0n) is 26.5. The maximum Gasteiger partial charge on any atom is 0.0571 e. The topological polar surface area (TPSA) is 27.7 Å². The molecule has 11 rings (SSSR count). The monoisotopic (exact) mass is 624 g/mol. The molecule has 0 amide bonds. The Morgan fingerprint density at radius 1 is 0.306 bits per heavy atom. The highest BCUT2D eigenvalue weighted by Crippen LogP contribution is 2.41. The molecule has 7 aromatic carbocycles. The van der Waals surface area contributed by atoms with Crippen LogP contribution in [0.3, 0.4) is 0 Å². The van der Waals surface area contributed by atoms with E-state index in [9.17, 15) is 0 Å². The summed E-state index contributed by atoms with van der Waals surface area (Å²) in [7, 11) is 0. The summed E-state index contributed by atoms with van der Waals surface area (Å²) in [4.78, 5) is 4.58. The smallest absolute Gasteiger partial charge is 0.0571 e. The lowest BCUT2D eigenvalue weighted by Gasteiger charge is -2.12. The summed E-state index contributed by atoms with van der Waals surface area (Å²) in [5.41, 5.74) is 10.5. The van der Waals surface area contributed by atoms with Crippen molar-refractivity contribution < 1.29 is 0 Å². The van der Waals surface area contributed by atoms with E-state index < -0.39 is 0 Å². The van der Waals surface area contributed by atoms with Crippen molar-refractivity contribution in [3.63, 3.8) is 0 Å². The minimum Gasteiger partial charge on any atom is -0.309 e. The number of nitrogens with zero attached hydrogens (tertiary/aromatic N) is 4. The van der Waals surface area contributed by atoms with Crippen LogP contribution in [0.25, 0.3) is 93.3 Å². The molecule has 228 valence electrons. The van der Waals surface area contributed by atoms with Crippen LogP contribution in [-0.4, -0.2) is 18.7 Å². The van der Waals surface area contributed by atoms with Crippen LogP contribution in [0.4, 0.5) is 0 Å². The highest BCUT2D eigenvalue weighted by Gasteiger charge is 2.20. The van der Waals surface area contributed by atoms with Gasteiger partial charge in [-0.25, -0.2) is 0 Å². The van der Waals surface area contributed by atoms with Gasteiger partial charge in [0.1, 0.15) is 0 Å². The van der Waals surface area contributed by atoms with E-state index in [-0.39, 0.29) is 0 Å². The van der Waals surface area contributed by atoms with E-state index in [0.717, 1.165) is 33.5 Å². The number of pyridine rings is 1. The molecule has 4 nitrogen and oxygen atoms in total. The molecule has 4 aromatic heterocycles. The van der Waals surface area contributed by atoms with Gasteiger partial charge in [-0.1, -0.05) is 84.9 Å². The van der Waals surface area contributed by atoms with Crippen molar-refractivity contribution in [2.75, 3.05) is 0 Å². The molecule has 0 bridgehead atoms. The van der Waals surface area contributed by atoms with Crippen molar-refractivity contribution in [1.82, 2.24) is 18.7 Å². The van der Waals surface area contributed by atoms with Crippen LogP contribution >= 0.6 is 0 Å². The number of rotatable bonds is 3. The third-order valence-electron chi connectivity index (χ3n) is 10.3.